The van der Waals surface area contributed by atoms with Gasteiger partial charge in [-0.15, -0.1) is 0 Å². The first-order valence-corrected chi connectivity index (χ1v) is 9.69. The molecular weight excluding hydrogens is 330 g/mol. The number of ketones is 2. The van der Waals surface area contributed by atoms with E-state index in [1.165, 1.54) is 18.9 Å². The van der Waals surface area contributed by atoms with Gasteiger partial charge in [0.25, 0.3) is 0 Å². The van der Waals surface area contributed by atoms with E-state index in [2.05, 4.69) is 18.0 Å². The van der Waals surface area contributed by atoms with Gasteiger partial charge in [-0.1, -0.05) is 19.1 Å². The second kappa shape index (κ2) is 6.17. The van der Waals surface area contributed by atoms with Gasteiger partial charge >= 0.3 is 0 Å². The van der Waals surface area contributed by atoms with Crippen LogP contribution >= 0.6 is 0 Å². The molecule has 5 heteroatoms. The summed E-state index contributed by atoms with van der Waals surface area (Å²) >= 11 is 0. The van der Waals surface area contributed by atoms with E-state index in [1.54, 1.807) is 6.08 Å². The minimum Gasteiger partial charge on any atom is -0.504 e. The molecular formula is C21H27NO4. The van der Waals surface area contributed by atoms with Crippen molar-refractivity contribution in [1.82, 2.24) is 4.90 Å². The summed E-state index contributed by atoms with van der Waals surface area (Å²) in [6, 6.07) is 0.0858. The van der Waals surface area contributed by atoms with Crippen LogP contribution in [0.2, 0.25) is 0 Å². The van der Waals surface area contributed by atoms with Crippen molar-refractivity contribution < 1.29 is 19.8 Å². The molecule has 0 spiro atoms. The van der Waals surface area contributed by atoms with E-state index >= 15 is 0 Å². The number of rotatable bonds is 4. The maximum absolute atomic E-state index is 12.4. The molecule has 2 saturated carbocycles. The molecule has 4 atom stereocenters. The molecule has 2 N–H and O–H groups in total. The largest absolute Gasteiger partial charge is 0.504 e. The Morgan fingerprint density at radius 2 is 1.96 bits per heavy atom. The van der Waals surface area contributed by atoms with Gasteiger partial charge in [0.05, 0.1) is 0 Å². The molecule has 0 amide bonds. The first-order chi connectivity index (χ1) is 12.4. The van der Waals surface area contributed by atoms with E-state index in [0.717, 1.165) is 18.0 Å². The van der Waals surface area contributed by atoms with Gasteiger partial charge < -0.3 is 10.2 Å². The second-order valence-corrected chi connectivity index (χ2v) is 8.32. The molecule has 5 nitrogen and oxygen atoms in total. The van der Waals surface area contributed by atoms with E-state index in [-0.39, 0.29) is 23.5 Å². The fraction of sp³-hybridized carbons (Fsp3) is 0.619. The van der Waals surface area contributed by atoms with Crippen molar-refractivity contribution in [2.24, 2.45) is 17.3 Å². The zero-order valence-corrected chi connectivity index (χ0v) is 15.4. The van der Waals surface area contributed by atoms with Gasteiger partial charge in [-0.2, -0.15) is 0 Å². The van der Waals surface area contributed by atoms with Gasteiger partial charge in [0, 0.05) is 30.0 Å². The number of aliphatic hydroxyl groups is 2. The normalized spacial score (nSPS) is 36.9. The summed E-state index contributed by atoms with van der Waals surface area (Å²) in [4.78, 5) is 26.9. The number of allylic oxidation sites excluding steroid dienone is 3. The highest BCUT2D eigenvalue weighted by Crippen LogP contribution is 2.57. The van der Waals surface area contributed by atoms with Gasteiger partial charge in [0.15, 0.2) is 11.5 Å². The standard InChI is InChI=1S/C21H27NO4/c1-3-21-14(7-9-17(24)20(21)26)15(22(2)11-12-4-5-12)10-13-6-8-16(23)19(25)18(13)21/h6,8,10,12,14-15,20,25-26H,3-5,7,9,11H2,1-2H3. The molecule has 4 rings (SSSR count). The van der Waals surface area contributed by atoms with Crippen molar-refractivity contribution in [2.75, 3.05) is 13.6 Å². The van der Waals surface area contributed by atoms with Crippen molar-refractivity contribution in [2.45, 2.75) is 51.2 Å². The van der Waals surface area contributed by atoms with Crippen LogP contribution in [0.15, 0.2) is 35.1 Å². The molecule has 26 heavy (non-hydrogen) atoms. The topological polar surface area (TPSA) is 77.8 Å². The van der Waals surface area contributed by atoms with E-state index in [0.29, 0.717) is 24.8 Å². The first kappa shape index (κ1) is 17.7. The lowest BCUT2D eigenvalue weighted by atomic mass is 9.52. The van der Waals surface area contributed by atoms with Gasteiger partial charge in [-0.3, -0.25) is 14.5 Å². The third-order valence-corrected chi connectivity index (χ3v) is 6.89. The maximum atomic E-state index is 12.4. The van der Waals surface area contributed by atoms with E-state index in [1.807, 2.05) is 6.92 Å². The molecule has 4 aliphatic rings. The molecule has 2 fully saturated rings. The molecule has 0 bridgehead atoms. The number of carbonyl (C=O) groups is 2. The Balaban J connectivity index is 1.87. The summed E-state index contributed by atoms with van der Waals surface area (Å²) in [5.74, 6) is -0.195. The van der Waals surface area contributed by atoms with Crippen molar-refractivity contribution in [3.63, 3.8) is 0 Å². The van der Waals surface area contributed by atoms with E-state index in [4.69, 9.17) is 0 Å². The van der Waals surface area contributed by atoms with Gasteiger partial charge in [-0.05, 0) is 56.2 Å². The maximum Gasteiger partial charge on any atom is 0.220 e. The summed E-state index contributed by atoms with van der Waals surface area (Å²) in [5.41, 5.74) is 0.363. The van der Waals surface area contributed by atoms with Crippen LogP contribution in [0.4, 0.5) is 0 Å². The van der Waals surface area contributed by atoms with Crippen molar-refractivity contribution in [1.29, 1.82) is 0 Å². The zero-order chi connectivity index (χ0) is 18.6. The fourth-order valence-electron chi connectivity index (χ4n) is 5.39. The van der Waals surface area contributed by atoms with Crippen LogP contribution in [-0.2, 0) is 9.59 Å². The summed E-state index contributed by atoms with van der Waals surface area (Å²) in [7, 11) is 2.11. The molecule has 0 heterocycles. The second-order valence-electron chi connectivity index (χ2n) is 8.32. The smallest absolute Gasteiger partial charge is 0.220 e. The van der Waals surface area contributed by atoms with Gasteiger partial charge in [-0.25, -0.2) is 0 Å². The number of carbonyl (C=O) groups excluding carboxylic acids is 2. The number of likely N-dealkylation sites (N-methyl/N-ethyl adjacent to an activating group) is 1. The van der Waals surface area contributed by atoms with Crippen molar-refractivity contribution >= 4 is 11.6 Å². The Labute approximate surface area is 154 Å². The molecule has 140 valence electrons. The summed E-state index contributed by atoms with van der Waals surface area (Å²) in [6.45, 7) is 2.95. The molecule has 4 unspecified atom stereocenters. The molecule has 0 aliphatic heterocycles. The molecule has 0 saturated heterocycles. The average molecular weight is 357 g/mol. The molecule has 0 aromatic carbocycles. The predicted octanol–water partition coefficient (Wildman–Crippen LogP) is 2.32. The quantitative estimate of drug-likeness (QED) is 0.807. The van der Waals surface area contributed by atoms with E-state index in [9.17, 15) is 19.8 Å². The highest BCUT2D eigenvalue weighted by Gasteiger charge is 2.58. The number of fused-ring (bicyclic) bond motifs is 3. The monoisotopic (exact) mass is 357 g/mol. The van der Waals surface area contributed by atoms with Gasteiger partial charge in [0.1, 0.15) is 6.10 Å². The van der Waals surface area contributed by atoms with Crippen LogP contribution in [0.25, 0.3) is 0 Å². The first-order valence-electron chi connectivity index (χ1n) is 9.69. The van der Waals surface area contributed by atoms with Crippen molar-refractivity contribution in [3.05, 3.63) is 35.1 Å². The lowest BCUT2D eigenvalue weighted by molar-refractivity contribution is -0.144. The summed E-state index contributed by atoms with van der Waals surface area (Å²) in [5, 5.41) is 21.6. The van der Waals surface area contributed by atoms with E-state index < -0.39 is 17.3 Å². The highest BCUT2D eigenvalue weighted by atomic mass is 16.3. The zero-order valence-electron chi connectivity index (χ0n) is 15.4. The minimum absolute atomic E-state index is 0.00384. The van der Waals surface area contributed by atoms with Crippen molar-refractivity contribution in [3.8, 4) is 0 Å². The Bertz CT molecular complexity index is 745. The Morgan fingerprint density at radius 1 is 1.23 bits per heavy atom. The summed E-state index contributed by atoms with van der Waals surface area (Å²) in [6.07, 6.45) is 8.11. The number of aliphatic hydroxyl groups excluding tert-OH is 2. The SMILES string of the molecule is CCC12C3=C(O)C(=O)C=CC3=CC(N(C)CC3CC3)C1CCC(=O)C2O. The highest BCUT2D eigenvalue weighted by molar-refractivity contribution is 6.06. The lowest BCUT2D eigenvalue weighted by Crippen LogP contribution is -2.59. The molecule has 4 aliphatic carbocycles. The van der Waals surface area contributed by atoms with Crippen LogP contribution in [-0.4, -0.2) is 52.4 Å². The Morgan fingerprint density at radius 3 is 2.62 bits per heavy atom. The average Bonchev–Trinajstić information content (AvgIpc) is 3.44. The third-order valence-electron chi connectivity index (χ3n) is 6.89. The lowest BCUT2D eigenvalue weighted by Gasteiger charge is -2.55. The number of hydrogen-bond donors (Lipinski definition) is 2. The summed E-state index contributed by atoms with van der Waals surface area (Å²) < 4.78 is 0. The number of hydrogen-bond acceptors (Lipinski definition) is 5. The Kier molecular flexibility index (Phi) is 4.20. The van der Waals surface area contributed by atoms with Crippen LogP contribution in [0.5, 0.6) is 0 Å². The fourth-order valence-corrected chi connectivity index (χ4v) is 5.39. The van der Waals surface area contributed by atoms with Crippen LogP contribution in [0.1, 0.15) is 39.0 Å². The molecule has 0 radical (unpaired) electrons. The van der Waals surface area contributed by atoms with Crippen LogP contribution in [0, 0.1) is 17.3 Å². The number of Topliss-reactive ketones (excluding diaryl/α,β-unsaturated/α-hetero) is 1. The van der Waals surface area contributed by atoms with Gasteiger partial charge in [0.2, 0.25) is 5.78 Å². The minimum atomic E-state index is -1.18. The van der Waals surface area contributed by atoms with Crippen LogP contribution in [0.3, 0.4) is 0 Å². The number of nitrogens with zero attached hydrogens (tertiary/aromatic N) is 1. The molecule has 0 aromatic rings. The Hall–Kier alpha value is -1.72. The third kappa shape index (κ3) is 2.44. The molecule has 0 aromatic heterocycles. The van der Waals surface area contributed by atoms with Crippen LogP contribution < -0.4 is 0 Å². The predicted molar refractivity (Wildman–Crippen MR) is 97.5 cm³/mol.